The highest BCUT2D eigenvalue weighted by atomic mass is 32.2. The zero-order valence-corrected chi connectivity index (χ0v) is 18.3. The van der Waals surface area contributed by atoms with Crippen LogP contribution in [0.3, 0.4) is 0 Å². The zero-order chi connectivity index (χ0) is 19.7. The molecule has 0 spiro atoms. The van der Waals surface area contributed by atoms with Crippen LogP contribution in [0.2, 0.25) is 0 Å². The average Bonchev–Trinajstić information content (AvgIpc) is 3.35. The normalized spacial score (nSPS) is 10.9. The van der Waals surface area contributed by atoms with Crippen molar-refractivity contribution in [1.29, 1.82) is 0 Å². The van der Waals surface area contributed by atoms with Crippen molar-refractivity contribution >= 4 is 43.4 Å². The fraction of sp³-hybridized carbons (Fsp3) is 0.190. The number of hydrogen-bond acceptors (Lipinski definition) is 6. The molecule has 2 heterocycles. The van der Waals surface area contributed by atoms with Gasteiger partial charge in [0.25, 0.3) is 0 Å². The van der Waals surface area contributed by atoms with E-state index < -0.39 is 0 Å². The van der Waals surface area contributed by atoms with Crippen LogP contribution in [0.1, 0.15) is 0 Å². The van der Waals surface area contributed by atoms with Gasteiger partial charge in [0.2, 0.25) is 4.69 Å². The van der Waals surface area contributed by atoms with Crippen LogP contribution in [-0.4, -0.2) is 28.4 Å². The molecule has 0 aliphatic heterocycles. The summed E-state index contributed by atoms with van der Waals surface area (Å²) in [6, 6.07) is 11.9. The van der Waals surface area contributed by atoms with Gasteiger partial charge in [-0.2, -0.15) is 0 Å². The summed E-state index contributed by atoms with van der Waals surface area (Å²) in [5.41, 5.74) is 2.12. The molecule has 4 rings (SSSR count). The van der Waals surface area contributed by atoms with E-state index in [0.717, 1.165) is 34.1 Å². The molecule has 0 unspecified atom stereocenters. The largest absolute Gasteiger partial charge is 0.497 e. The van der Waals surface area contributed by atoms with Crippen molar-refractivity contribution in [2.45, 2.75) is 0 Å². The van der Waals surface area contributed by atoms with Crippen LogP contribution in [-0.2, 0) is 0 Å². The summed E-state index contributed by atoms with van der Waals surface area (Å²) in [6.07, 6.45) is 0. The van der Waals surface area contributed by atoms with Gasteiger partial charge in [0, 0.05) is 23.3 Å². The summed E-state index contributed by atoms with van der Waals surface area (Å²) in [5, 5.41) is 0. The lowest BCUT2D eigenvalue weighted by atomic mass is 10.1. The molecule has 2 aromatic heterocycles. The van der Waals surface area contributed by atoms with Gasteiger partial charge < -0.3 is 18.9 Å². The molecule has 4 nitrogen and oxygen atoms in total. The van der Waals surface area contributed by atoms with E-state index in [0.29, 0.717) is 0 Å². The number of fused-ring (bicyclic) bond motifs is 1. The SMILES string of the molecule is COc1ccc(-c2sc(-c3ccc(OC)cc3OC)c3[s+]csc23)c(OC)c1. The van der Waals surface area contributed by atoms with Gasteiger partial charge in [-0.25, -0.2) is 0 Å². The summed E-state index contributed by atoms with van der Waals surface area (Å²) in [7, 11) is 6.70. The maximum absolute atomic E-state index is 5.65. The minimum atomic E-state index is 0.777. The van der Waals surface area contributed by atoms with Gasteiger partial charge in [0.05, 0.1) is 60.9 Å². The van der Waals surface area contributed by atoms with Crippen molar-refractivity contribution in [2.75, 3.05) is 28.4 Å². The second-order valence-electron chi connectivity index (χ2n) is 5.88. The van der Waals surface area contributed by atoms with E-state index in [4.69, 9.17) is 18.9 Å². The maximum atomic E-state index is 5.65. The number of methoxy groups -OCH3 is 4. The Morgan fingerprint density at radius 2 is 1.29 bits per heavy atom. The summed E-state index contributed by atoms with van der Waals surface area (Å²) < 4.78 is 26.7. The molecule has 0 amide bonds. The first kappa shape index (κ1) is 19.0. The Hall–Kier alpha value is -2.35. The van der Waals surface area contributed by atoms with Crippen LogP contribution in [0.25, 0.3) is 30.3 Å². The molecule has 2 aromatic carbocycles. The Morgan fingerprint density at radius 3 is 1.82 bits per heavy atom. The quantitative estimate of drug-likeness (QED) is 0.319. The second-order valence-corrected chi connectivity index (χ2v) is 8.96. The zero-order valence-electron chi connectivity index (χ0n) is 15.9. The van der Waals surface area contributed by atoms with E-state index in [2.05, 4.69) is 16.8 Å². The minimum Gasteiger partial charge on any atom is -0.497 e. The van der Waals surface area contributed by atoms with Gasteiger partial charge in [0.1, 0.15) is 23.0 Å². The lowest BCUT2D eigenvalue weighted by Crippen LogP contribution is -1.89. The summed E-state index contributed by atoms with van der Waals surface area (Å²) in [5.74, 6) is 3.15. The molecular formula is C21H19O4S3+. The summed E-state index contributed by atoms with van der Waals surface area (Å²) in [6.45, 7) is 0. The number of benzene rings is 2. The maximum Gasteiger partial charge on any atom is 0.243 e. The van der Waals surface area contributed by atoms with E-state index in [1.165, 1.54) is 19.2 Å². The molecule has 0 N–H and O–H groups in total. The Balaban J connectivity index is 1.93. The van der Waals surface area contributed by atoms with E-state index in [-0.39, 0.29) is 0 Å². The first-order chi connectivity index (χ1) is 13.7. The van der Waals surface area contributed by atoms with Crippen molar-refractivity contribution in [1.82, 2.24) is 0 Å². The molecule has 0 saturated carbocycles. The van der Waals surface area contributed by atoms with Gasteiger partial charge in [-0.3, -0.25) is 0 Å². The summed E-state index contributed by atoms with van der Waals surface area (Å²) >= 11 is 5.25. The van der Waals surface area contributed by atoms with E-state index in [9.17, 15) is 0 Å². The van der Waals surface area contributed by atoms with Crippen LogP contribution in [0.5, 0.6) is 23.0 Å². The number of rotatable bonds is 6. The van der Waals surface area contributed by atoms with Gasteiger partial charge >= 0.3 is 0 Å². The van der Waals surface area contributed by atoms with Gasteiger partial charge in [-0.15, -0.1) is 11.3 Å². The van der Waals surface area contributed by atoms with Crippen molar-refractivity contribution in [3.05, 3.63) is 41.1 Å². The Bertz CT molecular complexity index is 1050. The van der Waals surface area contributed by atoms with Crippen LogP contribution in [0.4, 0.5) is 0 Å². The molecule has 0 radical (unpaired) electrons. The van der Waals surface area contributed by atoms with Crippen molar-refractivity contribution in [3.8, 4) is 43.9 Å². The third-order valence-electron chi connectivity index (χ3n) is 4.46. The van der Waals surface area contributed by atoms with E-state index in [1.54, 1.807) is 62.4 Å². The van der Waals surface area contributed by atoms with Gasteiger partial charge in [-0.05, 0) is 24.3 Å². The first-order valence-corrected chi connectivity index (χ1v) is 11.0. The monoisotopic (exact) mass is 431 g/mol. The molecule has 0 aliphatic rings. The standard InChI is InChI=1S/C21H19O4S3/c1-22-12-5-7-14(16(9-12)24-3)18-20-21(27-11-26-20)19(28-18)15-8-6-13(23-2)10-17(15)25-4/h5-11H,1-4H3/q+1. The third-order valence-corrected chi connectivity index (χ3v) is 8.16. The van der Waals surface area contributed by atoms with E-state index >= 15 is 0 Å². The van der Waals surface area contributed by atoms with Crippen LogP contribution in [0.15, 0.2) is 41.1 Å². The van der Waals surface area contributed by atoms with Crippen LogP contribution < -0.4 is 18.9 Å². The molecule has 0 aliphatic carbocycles. The average molecular weight is 432 g/mol. The smallest absolute Gasteiger partial charge is 0.243 e. The molecule has 0 fully saturated rings. The van der Waals surface area contributed by atoms with Crippen molar-refractivity contribution in [3.63, 3.8) is 0 Å². The molecule has 0 saturated heterocycles. The predicted molar refractivity (Wildman–Crippen MR) is 119 cm³/mol. The number of hydrogen-bond donors (Lipinski definition) is 0. The van der Waals surface area contributed by atoms with Crippen LogP contribution >= 0.6 is 34.0 Å². The fourth-order valence-corrected chi connectivity index (χ4v) is 6.98. The molecular weight excluding hydrogens is 412 g/mol. The molecule has 0 atom stereocenters. The highest BCUT2D eigenvalue weighted by Crippen LogP contribution is 2.52. The van der Waals surface area contributed by atoms with Gasteiger partial charge in [-0.1, -0.05) is 0 Å². The predicted octanol–water partition coefficient (Wildman–Crippen LogP) is 6.67. The lowest BCUT2D eigenvalue weighted by Gasteiger charge is -2.09. The van der Waals surface area contributed by atoms with Crippen LogP contribution in [0, 0.1) is 0 Å². The van der Waals surface area contributed by atoms with Crippen molar-refractivity contribution < 1.29 is 18.9 Å². The van der Waals surface area contributed by atoms with Gasteiger partial charge in [0.15, 0.2) is 9.40 Å². The number of thiophene rings is 1. The topological polar surface area (TPSA) is 36.9 Å². The Labute approximate surface area is 175 Å². The lowest BCUT2D eigenvalue weighted by molar-refractivity contribution is 0.395. The molecule has 0 bridgehead atoms. The second kappa shape index (κ2) is 7.95. The third kappa shape index (κ3) is 3.19. The Morgan fingerprint density at radius 1 is 0.714 bits per heavy atom. The number of ether oxygens (including phenoxy) is 4. The molecule has 28 heavy (non-hydrogen) atoms. The highest BCUT2D eigenvalue weighted by Gasteiger charge is 2.26. The molecule has 144 valence electrons. The van der Waals surface area contributed by atoms with Crippen molar-refractivity contribution in [2.24, 2.45) is 0 Å². The Kier molecular flexibility index (Phi) is 5.39. The van der Waals surface area contributed by atoms with E-state index in [1.807, 2.05) is 24.3 Å². The minimum absolute atomic E-state index is 0.777. The fourth-order valence-electron chi connectivity index (χ4n) is 3.06. The highest BCUT2D eigenvalue weighted by molar-refractivity contribution is 7.41. The molecule has 7 heteroatoms. The molecule has 4 aromatic rings. The summed E-state index contributed by atoms with van der Waals surface area (Å²) in [4.78, 5) is 2.38. The first-order valence-electron chi connectivity index (χ1n) is 8.46.